The molecule has 1 fully saturated rings. The lowest BCUT2D eigenvalue weighted by Gasteiger charge is -2.21. The Balaban J connectivity index is 1.57. The van der Waals surface area contributed by atoms with E-state index in [9.17, 15) is 4.79 Å². The van der Waals surface area contributed by atoms with Crippen LogP contribution in [0, 0.1) is 5.92 Å². The summed E-state index contributed by atoms with van der Waals surface area (Å²) in [6.45, 7) is 0.981. The van der Waals surface area contributed by atoms with Gasteiger partial charge in [-0.2, -0.15) is 0 Å². The SMILES string of the molecule is N[C@@H]1CCC[C@H]1CC(=O)NC(COCc1ccccc1)c1ccccc1. The number of carbonyl (C=O) groups is 1. The van der Waals surface area contributed by atoms with E-state index >= 15 is 0 Å². The third kappa shape index (κ3) is 5.41. The first kappa shape index (κ1) is 18.6. The van der Waals surface area contributed by atoms with Gasteiger partial charge in [0, 0.05) is 12.5 Å². The molecule has 0 heterocycles. The highest BCUT2D eigenvalue weighted by Gasteiger charge is 2.27. The van der Waals surface area contributed by atoms with Crippen LogP contribution in [0.25, 0.3) is 0 Å². The highest BCUT2D eigenvalue weighted by Crippen LogP contribution is 2.27. The van der Waals surface area contributed by atoms with E-state index in [1.165, 1.54) is 0 Å². The van der Waals surface area contributed by atoms with Crippen LogP contribution in [-0.4, -0.2) is 18.6 Å². The minimum absolute atomic E-state index is 0.0597. The van der Waals surface area contributed by atoms with E-state index in [4.69, 9.17) is 10.5 Å². The average Bonchev–Trinajstić information content (AvgIpc) is 3.07. The summed E-state index contributed by atoms with van der Waals surface area (Å²) in [7, 11) is 0. The van der Waals surface area contributed by atoms with Gasteiger partial charge in [0.05, 0.1) is 19.3 Å². The van der Waals surface area contributed by atoms with Gasteiger partial charge >= 0.3 is 0 Å². The standard InChI is InChI=1S/C22H28N2O2/c23-20-13-7-12-19(20)14-22(25)24-21(18-10-5-2-6-11-18)16-26-15-17-8-3-1-4-9-17/h1-6,8-11,19-21H,7,12-16,23H2,(H,24,25)/t19-,20+,21?/m0/s1. The molecule has 0 radical (unpaired) electrons. The summed E-state index contributed by atoms with van der Waals surface area (Å²) in [5.41, 5.74) is 8.30. The molecule has 138 valence electrons. The molecule has 3 atom stereocenters. The predicted molar refractivity (Wildman–Crippen MR) is 103 cm³/mol. The lowest BCUT2D eigenvalue weighted by atomic mass is 9.99. The van der Waals surface area contributed by atoms with E-state index < -0.39 is 0 Å². The first-order valence-corrected chi connectivity index (χ1v) is 9.44. The van der Waals surface area contributed by atoms with Crippen LogP contribution in [0.3, 0.4) is 0 Å². The molecule has 0 spiro atoms. The number of benzene rings is 2. The highest BCUT2D eigenvalue weighted by atomic mass is 16.5. The third-order valence-electron chi connectivity index (χ3n) is 5.10. The smallest absolute Gasteiger partial charge is 0.220 e. The van der Waals surface area contributed by atoms with E-state index in [1.54, 1.807) is 0 Å². The molecule has 0 aromatic heterocycles. The monoisotopic (exact) mass is 352 g/mol. The van der Waals surface area contributed by atoms with Crippen molar-refractivity contribution >= 4 is 5.91 Å². The van der Waals surface area contributed by atoms with Crippen LogP contribution in [-0.2, 0) is 16.1 Å². The summed E-state index contributed by atoms with van der Waals surface area (Å²) in [5, 5.41) is 3.15. The molecule has 1 unspecified atom stereocenters. The molecule has 2 aromatic rings. The lowest BCUT2D eigenvalue weighted by molar-refractivity contribution is -0.123. The Labute approximate surface area is 155 Å². The molecule has 4 heteroatoms. The number of nitrogens with one attached hydrogen (secondary N) is 1. The molecule has 1 aliphatic rings. The second-order valence-corrected chi connectivity index (χ2v) is 7.09. The van der Waals surface area contributed by atoms with Crippen molar-refractivity contribution in [3.05, 3.63) is 71.8 Å². The van der Waals surface area contributed by atoms with Gasteiger partial charge in [-0.3, -0.25) is 4.79 Å². The van der Waals surface area contributed by atoms with Crippen LogP contribution in [0.5, 0.6) is 0 Å². The predicted octanol–water partition coefficient (Wildman–Crippen LogP) is 3.58. The van der Waals surface area contributed by atoms with Crippen LogP contribution < -0.4 is 11.1 Å². The van der Waals surface area contributed by atoms with Crippen molar-refractivity contribution in [3.8, 4) is 0 Å². The van der Waals surface area contributed by atoms with E-state index in [-0.39, 0.29) is 18.0 Å². The van der Waals surface area contributed by atoms with Gasteiger partial charge in [-0.1, -0.05) is 67.1 Å². The minimum atomic E-state index is -0.148. The number of carbonyl (C=O) groups excluding carboxylic acids is 1. The van der Waals surface area contributed by atoms with Crippen molar-refractivity contribution in [1.29, 1.82) is 0 Å². The van der Waals surface area contributed by atoms with Crippen LogP contribution in [0.4, 0.5) is 0 Å². The zero-order valence-electron chi connectivity index (χ0n) is 15.1. The van der Waals surface area contributed by atoms with Crippen molar-refractivity contribution in [2.45, 2.75) is 44.4 Å². The molecule has 0 bridgehead atoms. The zero-order chi connectivity index (χ0) is 18.2. The van der Waals surface area contributed by atoms with Crippen molar-refractivity contribution in [2.24, 2.45) is 11.7 Å². The number of amides is 1. The molecule has 1 aliphatic carbocycles. The topological polar surface area (TPSA) is 64.4 Å². The van der Waals surface area contributed by atoms with Gasteiger partial charge in [0.25, 0.3) is 0 Å². The number of nitrogens with two attached hydrogens (primary N) is 1. The van der Waals surface area contributed by atoms with E-state index in [0.29, 0.717) is 25.6 Å². The minimum Gasteiger partial charge on any atom is -0.374 e. The van der Waals surface area contributed by atoms with Crippen molar-refractivity contribution < 1.29 is 9.53 Å². The highest BCUT2D eigenvalue weighted by molar-refractivity contribution is 5.76. The van der Waals surface area contributed by atoms with Crippen molar-refractivity contribution in [3.63, 3.8) is 0 Å². The summed E-state index contributed by atoms with van der Waals surface area (Å²) in [6.07, 6.45) is 3.71. The number of hydrogen-bond acceptors (Lipinski definition) is 3. The van der Waals surface area contributed by atoms with Gasteiger partial charge < -0.3 is 15.8 Å². The maximum absolute atomic E-state index is 12.5. The summed E-state index contributed by atoms with van der Waals surface area (Å²) in [5.74, 6) is 0.362. The molecule has 26 heavy (non-hydrogen) atoms. The van der Waals surface area contributed by atoms with Crippen LogP contribution in [0.15, 0.2) is 60.7 Å². The van der Waals surface area contributed by atoms with Gasteiger partial charge in [0.15, 0.2) is 0 Å². The molecule has 2 aromatic carbocycles. The molecule has 0 saturated heterocycles. The Morgan fingerprint density at radius 1 is 1.08 bits per heavy atom. The molecular weight excluding hydrogens is 324 g/mol. The van der Waals surface area contributed by atoms with Crippen LogP contribution in [0.1, 0.15) is 42.9 Å². The molecular formula is C22H28N2O2. The Kier molecular flexibility index (Phi) is 6.81. The maximum atomic E-state index is 12.5. The number of ether oxygens (including phenoxy) is 1. The second kappa shape index (κ2) is 9.51. The second-order valence-electron chi connectivity index (χ2n) is 7.09. The van der Waals surface area contributed by atoms with E-state index in [1.807, 2.05) is 60.7 Å². The van der Waals surface area contributed by atoms with E-state index in [2.05, 4.69) is 5.32 Å². The number of hydrogen-bond donors (Lipinski definition) is 2. The fourth-order valence-corrected chi connectivity index (χ4v) is 3.59. The Morgan fingerprint density at radius 2 is 1.77 bits per heavy atom. The number of rotatable bonds is 8. The van der Waals surface area contributed by atoms with Crippen LogP contribution in [0.2, 0.25) is 0 Å². The molecule has 1 saturated carbocycles. The van der Waals surface area contributed by atoms with Crippen molar-refractivity contribution in [1.82, 2.24) is 5.32 Å². The van der Waals surface area contributed by atoms with Crippen molar-refractivity contribution in [2.75, 3.05) is 6.61 Å². The van der Waals surface area contributed by atoms with Gasteiger partial charge in [0.1, 0.15) is 0 Å². The fraction of sp³-hybridized carbons (Fsp3) is 0.409. The van der Waals surface area contributed by atoms with Gasteiger partial charge in [-0.15, -0.1) is 0 Å². The maximum Gasteiger partial charge on any atom is 0.220 e. The quantitative estimate of drug-likeness (QED) is 0.763. The summed E-state index contributed by atoms with van der Waals surface area (Å²) < 4.78 is 5.89. The van der Waals surface area contributed by atoms with E-state index in [0.717, 1.165) is 30.4 Å². The lowest BCUT2D eigenvalue weighted by Crippen LogP contribution is -2.35. The first-order chi connectivity index (χ1) is 12.7. The Bertz CT molecular complexity index is 675. The molecule has 0 aliphatic heterocycles. The molecule has 3 N–H and O–H groups in total. The Morgan fingerprint density at radius 3 is 2.42 bits per heavy atom. The zero-order valence-corrected chi connectivity index (χ0v) is 15.1. The Hall–Kier alpha value is -2.17. The van der Waals surface area contributed by atoms with Gasteiger partial charge in [-0.25, -0.2) is 0 Å². The van der Waals surface area contributed by atoms with Gasteiger partial charge in [-0.05, 0) is 29.9 Å². The summed E-state index contributed by atoms with van der Waals surface area (Å²) >= 11 is 0. The average molecular weight is 352 g/mol. The molecule has 1 amide bonds. The fourth-order valence-electron chi connectivity index (χ4n) is 3.59. The molecule has 3 rings (SSSR count). The summed E-state index contributed by atoms with van der Waals surface area (Å²) in [6, 6.07) is 20.1. The largest absolute Gasteiger partial charge is 0.374 e. The normalized spacial score (nSPS) is 20.7. The third-order valence-corrected chi connectivity index (χ3v) is 5.10. The summed E-state index contributed by atoms with van der Waals surface area (Å²) in [4.78, 5) is 12.5. The van der Waals surface area contributed by atoms with Gasteiger partial charge in [0.2, 0.25) is 5.91 Å². The molecule has 4 nitrogen and oxygen atoms in total. The first-order valence-electron chi connectivity index (χ1n) is 9.44. The van der Waals surface area contributed by atoms with Crippen LogP contribution >= 0.6 is 0 Å².